The molecule has 0 heterocycles. The molecule has 8 heteroatoms. The summed E-state index contributed by atoms with van der Waals surface area (Å²) < 4.78 is 26.3. The van der Waals surface area contributed by atoms with Crippen LogP contribution in [0.25, 0.3) is 0 Å². The Labute approximate surface area is 164 Å². The maximum absolute atomic E-state index is 12.2. The second-order valence-electron chi connectivity index (χ2n) is 5.91. The van der Waals surface area contributed by atoms with Gasteiger partial charge in [0.25, 0.3) is 5.91 Å². The number of rotatable bonds is 9. The van der Waals surface area contributed by atoms with Crippen molar-refractivity contribution in [2.45, 2.75) is 18.2 Å². The van der Waals surface area contributed by atoms with Crippen molar-refractivity contribution in [3.05, 3.63) is 72.3 Å². The van der Waals surface area contributed by atoms with Gasteiger partial charge in [-0.1, -0.05) is 31.2 Å². The zero-order valence-corrected chi connectivity index (χ0v) is 16.4. The van der Waals surface area contributed by atoms with Crippen molar-refractivity contribution in [1.29, 1.82) is 0 Å². The lowest BCUT2D eigenvalue weighted by molar-refractivity contribution is -0.115. The van der Waals surface area contributed by atoms with Crippen LogP contribution in [0.1, 0.15) is 22.8 Å². The third kappa shape index (κ3) is 5.77. The lowest BCUT2D eigenvalue weighted by Gasteiger charge is -2.10. The molecule has 0 bridgehead atoms. The summed E-state index contributed by atoms with van der Waals surface area (Å²) in [4.78, 5) is 24.3. The third-order valence-corrected chi connectivity index (χ3v) is 5.37. The van der Waals surface area contributed by atoms with Crippen molar-refractivity contribution in [3.8, 4) is 0 Å². The Morgan fingerprint density at radius 1 is 1.07 bits per heavy atom. The monoisotopic (exact) mass is 401 g/mol. The molecule has 2 rings (SSSR count). The van der Waals surface area contributed by atoms with E-state index in [2.05, 4.69) is 21.9 Å². The summed E-state index contributed by atoms with van der Waals surface area (Å²) >= 11 is 0. The van der Waals surface area contributed by atoms with Gasteiger partial charge in [-0.15, -0.1) is 6.58 Å². The van der Waals surface area contributed by atoms with E-state index in [-0.39, 0.29) is 29.5 Å². The van der Waals surface area contributed by atoms with Gasteiger partial charge in [0.05, 0.1) is 11.4 Å². The number of hydrogen-bond acceptors (Lipinski definition) is 4. The molecule has 0 saturated carbocycles. The minimum Gasteiger partial charge on any atom is -0.343 e. The van der Waals surface area contributed by atoms with Gasteiger partial charge in [0.2, 0.25) is 15.9 Å². The third-order valence-electron chi connectivity index (χ3n) is 3.93. The van der Waals surface area contributed by atoms with Gasteiger partial charge in [0, 0.05) is 17.8 Å². The number of para-hydroxylation sites is 1. The summed E-state index contributed by atoms with van der Waals surface area (Å²) in [6, 6.07) is 12.9. The highest BCUT2D eigenvalue weighted by molar-refractivity contribution is 7.89. The quantitative estimate of drug-likeness (QED) is 0.560. The molecule has 3 N–H and O–H groups in total. The van der Waals surface area contributed by atoms with E-state index in [9.17, 15) is 18.0 Å². The van der Waals surface area contributed by atoms with E-state index < -0.39 is 15.9 Å². The first-order valence-electron chi connectivity index (χ1n) is 8.74. The average molecular weight is 401 g/mol. The van der Waals surface area contributed by atoms with Crippen LogP contribution in [-0.2, 0) is 21.2 Å². The number of anilines is 1. The first-order chi connectivity index (χ1) is 13.4. The van der Waals surface area contributed by atoms with Crippen LogP contribution in [0.3, 0.4) is 0 Å². The second-order valence-corrected chi connectivity index (χ2v) is 7.67. The van der Waals surface area contributed by atoms with Gasteiger partial charge in [0.15, 0.2) is 0 Å². The Kier molecular flexibility index (Phi) is 7.48. The molecule has 7 nitrogen and oxygen atoms in total. The van der Waals surface area contributed by atoms with Crippen LogP contribution in [-0.4, -0.2) is 33.3 Å². The topological polar surface area (TPSA) is 104 Å². The number of hydrogen-bond donors (Lipinski definition) is 3. The number of carbonyl (C=O) groups is 2. The van der Waals surface area contributed by atoms with Crippen LogP contribution in [0.2, 0.25) is 0 Å². The molecule has 0 aliphatic heterocycles. The van der Waals surface area contributed by atoms with Crippen LogP contribution >= 0.6 is 0 Å². The summed E-state index contributed by atoms with van der Waals surface area (Å²) in [6.07, 6.45) is 2.21. The lowest BCUT2D eigenvalue weighted by Crippen LogP contribution is -2.33. The Balaban J connectivity index is 1.94. The zero-order chi connectivity index (χ0) is 20.6. The van der Waals surface area contributed by atoms with Crippen LogP contribution in [0.5, 0.6) is 0 Å². The van der Waals surface area contributed by atoms with Crippen LogP contribution < -0.4 is 15.4 Å². The highest BCUT2D eigenvalue weighted by Gasteiger charge is 2.14. The number of amides is 2. The van der Waals surface area contributed by atoms with Gasteiger partial charge in [0.1, 0.15) is 0 Å². The SMILES string of the molecule is C=CCNS(=O)(=O)c1ccc(C(=O)NCC(=O)Nc2ccccc2CC)cc1. The summed E-state index contributed by atoms with van der Waals surface area (Å²) in [5, 5.41) is 5.29. The Morgan fingerprint density at radius 3 is 2.39 bits per heavy atom. The van der Waals surface area contributed by atoms with Gasteiger partial charge in [-0.25, -0.2) is 13.1 Å². The Hall–Kier alpha value is -2.97. The summed E-state index contributed by atoms with van der Waals surface area (Å²) in [5.74, 6) is -0.816. The molecule has 0 aliphatic carbocycles. The molecule has 28 heavy (non-hydrogen) atoms. The molecular formula is C20H23N3O4S. The number of benzene rings is 2. The van der Waals surface area contributed by atoms with Gasteiger partial charge in [-0.3, -0.25) is 9.59 Å². The van der Waals surface area contributed by atoms with Crippen molar-refractivity contribution in [1.82, 2.24) is 10.0 Å². The molecule has 0 atom stereocenters. The normalized spacial score (nSPS) is 10.9. The summed E-state index contributed by atoms with van der Waals surface area (Å²) in [6.45, 7) is 5.36. The molecule has 0 aliphatic rings. The molecule has 0 aromatic heterocycles. The fraction of sp³-hybridized carbons (Fsp3) is 0.200. The fourth-order valence-corrected chi connectivity index (χ4v) is 3.44. The highest BCUT2D eigenvalue weighted by atomic mass is 32.2. The molecule has 0 unspecified atom stereocenters. The van der Waals surface area contributed by atoms with E-state index in [0.29, 0.717) is 5.69 Å². The number of carbonyl (C=O) groups excluding carboxylic acids is 2. The molecule has 2 amide bonds. The van der Waals surface area contributed by atoms with Crippen molar-refractivity contribution >= 4 is 27.5 Å². The van der Waals surface area contributed by atoms with Crippen LogP contribution in [0, 0.1) is 0 Å². The van der Waals surface area contributed by atoms with Gasteiger partial charge in [-0.2, -0.15) is 0 Å². The first kappa shape index (κ1) is 21.3. The van der Waals surface area contributed by atoms with E-state index in [1.165, 1.54) is 30.3 Å². The lowest BCUT2D eigenvalue weighted by atomic mass is 10.1. The molecule has 0 spiro atoms. The maximum atomic E-state index is 12.2. The molecule has 0 radical (unpaired) electrons. The second kappa shape index (κ2) is 9.82. The van der Waals surface area contributed by atoms with Crippen molar-refractivity contribution < 1.29 is 18.0 Å². The minimum atomic E-state index is -3.65. The number of sulfonamides is 1. The largest absolute Gasteiger partial charge is 0.343 e. The predicted molar refractivity (Wildman–Crippen MR) is 109 cm³/mol. The van der Waals surface area contributed by atoms with Gasteiger partial charge < -0.3 is 10.6 Å². The smallest absolute Gasteiger partial charge is 0.251 e. The number of nitrogens with one attached hydrogen (secondary N) is 3. The minimum absolute atomic E-state index is 0.0415. The molecule has 148 valence electrons. The highest BCUT2D eigenvalue weighted by Crippen LogP contribution is 2.15. The number of aryl methyl sites for hydroxylation is 1. The zero-order valence-electron chi connectivity index (χ0n) is 15.6. The standard InChI is InChI=1S/C20H23N3O4S/c1-3-13-22-28(26,27)17-11-9-16(10-12-17)20(25)21-14-19(24)23-18-8-6-5-7-15(18)4-2/h3,5-12,22H,1,4,13-14H2,2H3,(H,21,25)(H,23,24). The Bertz CT molecular complexity index is 954. The summed E-state index contributed by atoms with van der Waals surface area (Å²) in [7, 11) is -3.65. The van der Waals surface area contributed by atoms with E-state index >= 15 is 0 Å². The molecule has 2 aromatic rings. The first-order valence-corrected chi connectivity index (χ1v) is 10.2. The summed E-state index contributed by atoms with van der Waals surface area (Å²) in [5.41, 5.74) is 1.97. The van der Waals surface area contributed by atoms with Crippen molar-refractivity contribution in [2.75, 3.05) is 18.4 Å². The van der Waals surface area contributed by atoms with Gasteiger partial charge >= 0.3 is 0 Å². The fourth-order valence-electron chi connectivity index (χ4n) is 2.45. The van der Waals surface area contributed by atoms with E-state index in [1.54, 1.807) is 6.07 Å². The molecular weight excluding hydrogens is 378 g/mol. The molecule has 2 aromatic carbocycles. The molecule has 0 fully saturated rings. The Morgan fingerprint density at radius 2 is 1.75 bits per heavy atom. The van der Waals surface area contributed by atoms with Crippen LogP contribution in [0.15, 0.2) is 66.1 Å². The maximum Gasteiger partial charge on any atom is 0.251 e. The van der Waals surface area contributed by atoms with Crippen LogP contribution in [0.4, 0.5) is 5.69 Å². The van der Waals surface area contributed by atoms with E-state index in [0.717, 1.165) is 12.0 Å². The van der Waals surface area contributed by atoms with E-state index in [1.807, 2.05) is 25.1 Å². The average Bonchev–Trinajstić information content (AvgIpc) is 2.71. The predicted octanol–water partition coefficient (Wildman–Crippen LogP) is 2.08. The van der Waals surface area contributed by atoms with Gasteiger partial charge in [-0.05, 0) is 42.3 Å². The molecule has 0 saturated heterocycles. The van der Waals surface area contributed by atoms with Crippen molar-refractivity contribution in [2.24, 2.45) is 0 Å². The van der Waals surface area contributed by atoms with E-state index in [4.69, 9.17) is 0 Å². The van der Waals surface area contributed by atoms with Crippen molar-refractivity contribution in [3.63, 3.8) is 0 Å².